The topological polar surface area (TPSA) is 68.2 Å². The van der Waals surface area contributed by atoms with Gasteiger partial charge < -0.3 is 4.57 Å². The average Bonchev–Trinajstić information content (AvgIpc) is 3.07. The lowest BCUT2D eigenvalue weighted by molar-refractivity contribution is -0.114. The molecule has 0 unspecified atom stereocenters. The fourth-order valence-electron chi connectivity index (χ4n) is 3.72. The van der Waals surface area contributed by atoms with Crippen molar-refractivity contribution in [1.29, 1.82) is 0 Å². The Morgan fingerprint density at radius 2 is 1.54 bits per heavy atom. The lowest BCUT2D eigenvalue weighted by Crippen LogP contribution is -2.29. The smallest absolute Gasteiger partial charge is 0.264 e. The molecule has 4 aromatic rings. The summed E-state index contributed by atoms with van der Waals surface area (Å²) in [5.74, 6) is -4.28. The van der Waals surface area contributed by atoms with Crippen LogP contribution in [0.5, 0.6) is 0 Å². The van der Waals surface area contributed by atoms with Gasteiger partial charge in [0.15, 0.2) is 0 Å². The summed E-state index contributed by atoms with van der Waals surface area (Å²) in [4.78, 5) is 11.6. The predicted molar refractivity (Wildman–Crippen MR) is 123 cm³/mol. The number of hydrogen-bond donors (Lipinski definition) is 1. The molecule has 1 heterocycles. The molecule has 0 atom stereocenters. The van der Waals surface area contributed by atoms with E-state index in [9.17, 15) is 30.8 Å². The van der Waals surface area contributed by atoms with E-state index >= 15 is 0 Å². The van der Waals surface area contributed by atoms with Crippen LogP contribution < -0.4 is 4.72 Å². The highest BCUT2D eigenvalue weighted by molar-refractivity contribution is 7.90. The SMILES string of the molecule is Cc1cn(Cc2ccc(F)cc2)c2c(/C=C/C(=O)NS(=O)(=O)c3cc(F)cc(F)c3)cc(F)cc12. The van der Waals surface area contributed by atoms with Gasteiger partial charge in [0.1, 0.15) is 23.3 Å². The van der Waals surface area contributed by atoms with Crippen molar-refractivity contribution in [2.24, 2.45) is 0 Å². The Kier molecular flexibility index (Phi) is 6.49. The van der Waals surface area contributed by atoms with Gasteiger partial charge in [-0.15, -0.1) is 0 Å². The summed E-state index contributed by atoms with van der Waals surface area (Å²) in [6.45, 7) is 2.12. The molecular weight excluding hydrogens is 484 g/mol. The molecule has 1 N–H and O–H groups in total. The summed E-state index contributed by atoms with van der Waals surface area (Å²) in [5, 5.41) is 0.579. The van der Waals surface area contributed by atoms with Gasteiger partial charge in [-0.25, -0.2) is 30.7 Å². The summed E-state index contributed by atoms with van der Waals surface area (Å²) >= 11 is 0. The van der Waals surface area contributed by atoms with Crippen LogP contribution in [0.4, 0.5) is 17.6 Å². The number of benzene rings is 3. The van der Waals surface area contributed by atoms with E-state index in [-0.39, 0.29) is 5.82 Å². The van der Waals surface area contributed by atoms with E-state index in [0.29, 0.717) is 41.2 Å². The van der Waals surface area contributed by atoms with Crippen molar-refractivity contribution < 1.29 is 30.8 Å². The predicted octanol–water partition coefficient (Wildman–Crippen LogP) is 5.07. The molecule has 35 heavy (non-hydrogen) atoms. The Hall–Kier alpha value is -3.92. The summed E-state index contributed by atoms with van der Waals surface area (Å²) in [6, 6.07) is 10.0. The van der Waals surface area contributed by atoms with Gasteiger partial charge in [0.05, 0.1) is 10.4 Å². The highest BCUT2D eigenvalue weighted by Crippen LogP contribution is 2.28. The maximum absolute atomic E-state index is 14.3. The number of nitrogens with one attached hydrogen (secondary N) is 1. The van der Waals surface area contributed by atoms with Crippen molar-refractivity contribution in [2.75, 3.05) is 0 Å². The first-order valence-electron chi connectivity index (χ1n) is 10.3. The minimum atomic E-state index is -4.55. The summed E-state index contributed by atoms with van der Waals surface area (Å²) in [6.07, 6.45) is 3.91. The Labute approximate surface area is 198 Å². The zero-order valence-electron chi connectivity index (χ0n) is 18.2. The van der Waals surface area contributed by atoms with Crippen LogP contribution in [-0.4, -0.2) is 18.9 Å². The van der Waals surface area contributed by atoms with Gasteiger partial charge in [-0.05, 0) is 60.5 Å². The first-order chi connectivity index (χ1) is 16.5. The lowest BCUT2D eigenvalue weighted by Gasteiger charge is -2.09. The molecule has 0 saturated heterocycles. The third-order valence-corrected chi connectivity index (χ3v) is 6.55. The minimum Gasteiger partial charge on any atom is -0.342 e. The number of halogens is 4. The summed E-state index contributed by atoms with van der Waals surface area (Å²) < 4.78 is 82.5. The third-order valence-electron chi connectivity index (χ3n) is 5.23. The molecule has 5 nitrogen and oxygen atoms in total. The number of hydrogen-bond acceptors (Lipinski definition) is 3. The lowest BCUT2D eigenvalue weighted by atomic mass is 10.1. The van der Waals surface area contributed by atoms with Crippen LogP contribution in [0.1, 0.15) is 16.7 Å². The number of sulfonamides is 1. The number of rotatable bonds is 6. The van der Waals surface area contributed by atoms with Crippen molar-refractivity contribution in [3.8, 4) is 0 Å². The van der Waals surface area contributed by atoms with Crippen molar-refractivity contribution >= 4 is 32.9 Å². The van der Waals surface area contributed by atoms with Crippen LogP contribution >= 0.6 is 0 Å². The van der Waals surface area contributed by atoms with Crippen molar-refractivity contribution in [3.63, 3.8) is 0 Å². The van der Waals surface area contributed by atoms with Crippen LogP contribution in [0.25, 0.3) is 17.0 Å². The van der Waals surface area contributed by atoms with Gasteiger partial charge in [0.2, 0.25) is 0 Å². The van der Waals surface area contributed by atoms with Crippen LogP contribution in [-0.2, 0) is 21.4 Å². The molecule has 0 aliphatic carbocycles. The van der Waals surface area contributed by atoms with E-state index < -0.39 is 38.3 Å². The van der Waals surface area contributed by atoms with Gasteiger partial charge in [-0.1, -0.05) is 12.1 Å². The van der Waals surface area contributed by atoms with Crippen molar-refractivity contribution in [1.82, 2.24) is 9.29 Å². The van der Waals surface area contributed by atoms with E-state index in [1.54, 1.807) is 34.5 Å². The Bertz CT molecular complexity index is 1560. The molecule has 0 aliphatic heterocycles. The van der Waals surface area contributed by atoms with Crippen LogP contribution in [0.2, 0.25) is 0 Å². The molecular formula is C25H18F4N2O3S. The summed E-state index contributed by atoms with van der Waals surface area (Å²) in [5.41, 5.74) is 2.41. The Balaban J connectivity index is 1.65. The molecule has 0 spiro atoms. The molecule has 180 valence electrons. The first kappa shape index (κ1) is 24.2. The number of aromatic nitrogens is 1. The van der Waals surface area contributed by atoms with Gasteiger partial charge >= 0.3 is 0 Å². The van der Waals surface area contributed by atoms with E-state index in [0.717, 1.165) is 17.2 Å². The molecule has 0 fully saturated rings. The van der Waals surface area contributed by atoms with Crippen molar-refractivity contribution in [2.45, 2.75) is 18.4 Å². The quantitative estimate of drug-likeness (QED) is 0.296. The number of fused-ring (bicyclic) bond motifs is 1. The maximum atomic E-state index is 14.3. The normalized spacial score (nSPS) is 11.9. The average molecular weight is 502 g/mol. The zero-order chi connectivity index (χ0) is 25.3. The van der Waals surface area contributed by atoms with E-state index in [4.69, 9.17) is 0 Å². The van der Waals surface area contributed by atoms with Gasteiger partial charge in [-0.2, -0.15) is 0 Å². The molecule has 3 aromatic carbocycles. The maximum Gasteiger partial charge on any atom is 0.264 e. The zero-order valence-corrected chi connectivity index (χ0v) is 19.0. The van der Waals surface area contributed by atoms with Gasteiger partial charge in [-0.3, -0.25) is 4.79 Å². The Morgan fingerprint density at radius 3 is 2.20 bits per heavy atom. The number of aryl methyl sites for hydroxylation is 1. The second-order valence-corrected chi connectivity index (χ2v) is 9.55. The number of carbonyl (C=O) groups is 1. The second kappa shape index (κ2) is 9.38. The van der Waals surface area contributed by atoms with Crippen LogP contribution in [0.3, 0.4) is 0 Å². The second-order valence-electron chi connectivity index (χ2n) is 7.87. The van der Waals surface area contributed by atoms with Crippen LogP contribution in [0, 0.1) is 30.2 Å². The number of carbonyl (C=O) groups excluding carboxylic acids is 1. The molecule has 0 radical (unpaired) electrons. The highest BCUT2D eigenvalue weighted by atomic mass is 32.2. The molecule has 1 amide bonds. The van der Waals surface area contributed by atoms with E-state index in [1.165, 1.54) is 30.3 Å². The third kappa shape index (κ3) is 5.43. The fourth-order valence-corrected chi connectivity index (χ4v) is 4.71. The first-order valence-corrected chi connectivity index (χ1v) is 11.7. The molecule has 0 bridgehead atoms. The van der Waals surface area contributed by atoms with E-state index in [2.05, 4.69) is 0 Å². The molecule has 10 heteroatoms. The summed E-state index contributed by atoms with van der Waals surface area (Å²) in [7, 11) is -4.55. The fraction of sp³-hybridized carbons (Fsp3) is 0.0800. The highest BCUT2D eigenvalue weighted by Gasteiger charge is 2.19. The van der Waals surface area contributed by atoms with Gasteiger partial charge in [0.25, 0.3) is 15.9 Å². The monoisotopic (exact) mass is 502 g/mol. The van der Waals surface area contributed by atoms with Gasteiger partial charge in [0, 0.05) is 35.8 Å². The molecule has 1 aromatic heterocycles. The largest absolute Gasteiger partial charge is 0.342 e. The minimum absolute atomic E-state index is 0.291. The molecule has 4 rings (SSSR count). The van der Waals surface area contributed by atoms with E-state index in [1.807, 2.05) is 0 Å². The Morgan fingerprint density at radius 1 is 0.914 bits per heavy atom. The van der Waals surface area contributed by atoms with Crippen LogP contribution in [0.15, 0.2) is 71.8 Å². The van der Waals surface area contributed by atoms with Crippen molar-refractivity contribution in [3.05, 3.63) is 107 Å². The number of amides is 1. The molecule has 0 saturated carbocycles. The number of nitrogens with zero attached hydrogens (tertiary/aromatic N) is 1. The molecule has 0 aliphatic rings. The standard InChI is InChI=1S/C25H18F4N2O3S/c1-15-13-31(14-16-2-5-18(26)6-3-16)25-17(8-19(27)12-23(15)25)4-7-24(32)30-35(33,34)22-10-20(28)9-21(29)11-22/h2-13H,14H2,1H3,(H,30,32)/b7-4+.